The molecule has 0 radical (unpaired) electrons. The van der Waals surface area contributed by atoms with Gasteiger partial charge in [0.15, 0.2) is 0 Å². The van der Waals surface area contributed by atoms with E-state index in [1.54, 1.807) is 0 Å². The van der Waals surface area contributed by atoms with Gasteiger partial charge in [0.1, 0.15) is 11.3 Å². The highest BCUT2D eigenvalue weighted by atomic mass is 16.3. The normalized spacial score (nSPS) is 15.8. The SMILES string of the molecule is CCCc1c(CNC2CC2)oc2c(C(C)(C)C)cccc12. The molecule has 1 aliphatic rings. The summed E-state index contributed by atoms with van der Waals surface area (Å²) in [5.74, 6) is 1.15. The Morgan fingerprint density at radius 3 is 2.62 bits per heavy atom. The van der Waals surface area contributed by atoms with Crippen LogP contribution in [0.15, 0.2) is 22.6 Å². The van der Waals surface area contributed by atoms with Crippen LogP contribution in [0.2, 0.25) is 0 Å². The van der Waals surface area contributed by atoms with Gasteiger partial charge in [-0.2, -0.15) is 0 Å². The number of hydrogen-bond acceptors (Lipinski definition) is 2. The van der Waals surface area contributed by atoms with Gasteiger partial charge in [0.25, 0.3) is 0 Å². The first-order valence-corrected chi connectivity index (χ1v) is 8.28. The number of nitrogens with one attached hydrogen (secondary N) is 1. The van der Waals surface area contributed by atoms with Gasteiger partial charge in [-0.25, -0.2) is 0 Å². The third-order valence-corrected chi connectivity index (χ3v) is 4.34. The standard InChI is InChI=1S/C19H27NO/c1-5-7-14-15-8-6-9-16(19(2,3)4)18(15)21-17(14)12-20-13-10-11-13/h6,8-9,13,20H,5,7,10-12H2,1-4H3. The molecular formula is C19H27NO. The van der Waals surface area contributed by atoms with Gasteiger partial charge < -0.3 is 9.73 Å². The van der Waals surface area contributed by atoms with Crippen LogP contribution in [-0.2, 0) is 18.4 Å². The number of aryl methyl sites for hydroxylation is 1. The van der Waals surface area contributed by atoms with Crippen LogP contribution in [0.5, 0.6) is 0 Å². The van der Waals surface area contributed by atoms with Gasteiger partial charge in [-0.15, -0.1) is 0 Å². The molecule has 2 heteroatoms. The molecule has 1 saturated carbocycles. The van der Waals surface area contributed by atoms with Crippen LogP contribution >= 0.6 is 0 Å². The highest BCUT2D eigenvalue weighted by molar-refractivity contribution is 5.86. The Morgan fingerprint density at radius 1 is 1.24 bits per heavy atom. The lowest BCUT2D eigenvalue weighted by Gasteiger charge is -2.18. The molecule has 1 heterocycles. The van der Waals surface area contributed by atoms with Gasteiger partial charge in [0, 0.05) is 22.6 Å². The second-order valence-corrected chi connectivity index (χ2v) is 7.34. The van der Waals surface area contributed by atoms with Gasteiger partial charge in [-0.05, 0) is 24.7 Å². The lowest BCUT2D eigenvalue weighted by Crippen LogP contribution is -2.15. The van der Waals surface area contributed by atoms with E-state index in [0.29, 0.717) is 0 Å². The van der Waals surface area contributed by atoms with Crippen LogP contribution in [0.25, 0.3) is 11.0 Å². The van der Waals surface area contributed by atoms with Crippen molar-refractivity contribution in [1.82, 2.24) is 5.32 Å². The summed E-state index contributed by atoms with van der Waals surface area (Å²) in [6.45, 7) is 9.88. The molecular weight excluding hydrogens is 258 g/mol. The van der Waals surface area contributed by atoms with E-state index >= 15 is 0 Å². The van der Waals surface area contributed by atoms with Gasteiger partial charge in [-0.3, -0.25) is 0 Å². The first-order valence-electron chi connectivity index (χ1n) is 8.28. The lowest BCUT2D eigenvalue weighted by atomic mass is 9.85. The van der Waals surface area contributed by atoms with E-state index in [9.17, 15) is 0 Å². The fraction of sp³-hybridized carbons (Fsp3) is 0.579. The summed E-state index contributed by atoms with van der Waals surface area (Å²) in [6, 6.07) is 7.32. The average molecular weight is 285 g/mol. The smallest absolute Gasteiger partial charge is 0.138 e. The lowest BCUT2D eigenvalue weighted by molar-refractivity contribution is 0.494. The van der Waals surface area contributed by atoms with Gasteiger partial charge >= 0.3 is 0 Å². The molecule has 2 nitrogen and oxygen atoms in total. The zero-order valence-electron chi connectivity index (χ0n) is 13.8. The van der Waals surface area contributed by atoms with Crippen LogP contribution < -0.4 is 5.32 Å². The fourth-order valence-electron chi connectivity index (χ4n) is 3.00. The van der Waals surface area contributed by atoms with Crippen molar-refractivity contribution < 1.29 is 4.42 Å². The molecule has 0 bridgehead atoms. The van der Waals surface area contributed by atoms with Crippen LogP contribution in [0.3, 0.4) is 0 Å². The Labute approximate surface area is 127 Å². The van der Waals surface area contributed by atoms with Crippen molar-refractivity contribution in [2.24, 2.45) is 0 Å². The number of para-hydroxylation sites is 1. The largest absolute Gasteiger partial charge is 0.459 e. The third-order valence-electron chi connectivity index (χ3n) is 4.34. The van der Waals surface area contributed by atoms with Crippen molar-refractivity contribution in [1.29, 1.82) is 0 Å². The third kappa shape index (κ3) is 3.01. The van der Waals surface area contributed by atoms with Crippen molar-refractivity contribution in [3.63, 3.8) is 0 Å². The molecule has 1 aromatic carbocycles. The molecule has 114 valence electrons. The summed E-state index contributed by atoms with van der Waals surface area (Å²) in [4.78, 5) is 0. The monoisotopic (exact) mass is 285 g/mol. The number of benzene rings is 1. The Balaban J connectivity index is 2.06. The quantitative estimate of drug-likeness (QED) is 0.842. The minimum absolute atomic E-state index is 0.113. The van der Waals surface area contributed by atoms with Gasteiger partial charge in [-0.1, -0.05) is 52.3 Å². The summed E-state index contributed by atoms with van der Waals surface area (Å²) in [7, 11) is 0. The molecule has 1 fully saturated rings. The van der Waals surface area contributed by atoms with Crippen LogP contribution in [0.4, 0.5) is 0 Å². The highest BCUT2D eigenvalue weighted by Crippen LogP contribution is 2.35. The van der Waals surface area contributed by atoms with E-state index in [0.717, 1.165) is 36.8 Å². The number of hydrogen-bond donors (Lipinski definition) is 1. The van der Waals surface area contributed by atoms with Crippen molar-refractivity contribution >= 4 is 11.0 Å². The molecule has 0 spiro atoms. The maximum atomic E-state index is 6.33. The van der Waals surface area contributed by atoms with Crippen molar-refractivity contribution in [2.75, 3.05) is 0 Å². The zero-order valence-corrected chi connectivity index (χ0v) is 13.8. The predicted octanol–water partition coefficient (Wildman–Crippen LogP) is 4.93. The molecule has 1 aromatic heterocycles. The topological polar surface area (TPSA) is 25.2 Å². The summed E-state index contributed by atoms with van der Waals surface area (Å²) in [5, 5.41) is 4.91. The Morgan fingerprint density at radius 2 is 2.00 bits per heavy atom. The second kappa shape index (κ2) is 5.49. The number of fused-ring (bicyclic) bond motifs is 1. The fourth-order valence-corrected chi connectivity index (χ4v) is 3.00. The highest BCUT2D eigenvalue weighted by Gasteiger charge is 2.24. The maximum Gasteiger partial charge on any atom is 0.138 e. The van der Waals surface area contributed by atoms with Crippen molar-refractivity contribution in [3.05, 3.63) is 35.1 Å². The van der Waals surface area contributed by atoms with Gasteiger partial charge in [0.2, 0.25) is 0 Å². The summed E-state index contributed by atoms with van der Waals surface area (Å²) >= 11 is 0. The number of furan rings is 1. The minimum atomic E-state index is 0.113. The second-order valence-electron chi connectivity index (χ2n) is 7.34. The van der Waals surface area contributed by atoms with E-state index < -0.39 is 0 Å². The average Bonchev–Trinajstić information content (AvgIpc) is 3.19. The molecule has 2 aromatic rings. The van der Waals surface area contributed by atoms with Crippen LogP contribution in [-0.4, -0.2) is 6.04 Å². The Bertz CT molecular complexity index is 629. The molecule has 0 aliphatic heterocycles. The van der Waals surface area contributed by atoms with Crippen molar-refractivity contribution in [2.45, 2.75) is 71.4 Å². The van der Waals surface area contributed by atoms with Crippen LogP contribution in [0.1, 0.15) is 63.8 Å². The molecule has 0 amide bonds. The summed E-state index contributed by atoms with van der Waals surface area (Å²) in [6.07, 6.45) is 4.89. The van der Waals surface area contributed by atoms with E-state index in [1.165, 1.54) is 29.4 Å². The van der Waals surface area contributed by atoms with E-state index in [-0.39, 0.29) is 5.41 Å². The minimum Gasteiger partial charge on any atom is -0.459 e. The zero-order chi connectivity index (χ0) is 15.0. The molecule has 0 atom stereocenters. The summed E-state index contributed by atoms with van der Waals surface area (Å²) in [5.41, 5.74) is 3.94. The van der Waals surface area contributed by atoms with E-state index in [2.05, 4.69) is 51.2 Å². The van der Waals surface area contributed by atoms with Crippen LogP contribution in [0, 0.1) is 0 Å². The molecule has 21 heavy (non-hydrogen) atoms. The first kappa shape index (κ1) is 14.6. The Hall–Kier alpha value is -1.28. The molecule has 3 rings (SSSR count). The first-order chi connectivity index (χ1) is 10.0. The van der Waals surface area contributed by atoms with Gasteiger partial charge in [0.05, 0.1) is 6.54 Å². The molecule has 0 unspecified atom stereocenters. The molecule has 1 N–H and O–H groups in total. The molecule has 1 aliphatic carbocycles. The molecule has 0 saturated heterocycles. The van der Waals surface area contributed by atoms with E-state index in [1.807, 2.05) is 0 Å². The maximum absolute atomic E-state index is 6.33. The predicted molar refractivity (Wildman–Crippen MR) is 88.8 cm³/mol. The number of rotatable bonds is 5. The summed E-state index contributed by atoms with van der Waals surface area (Å²) < 4.78 is 6.33. The van der Waals surface area contributed by atoms with E-state index in [4.69, 9.17) is 4.42 Å². The Kier molecular flexibility index (Phi) is 3.83. The van der Waals surface area contributed by atoms with Crippen molar-refractivity contribution in [3.8, 4) is 0 Å².